The Bertz CT molecular complexity index is 167. The minimum absolute atomic E-state index is 0. The summed E-state index contributed by atoms with van der Waals surface area (Å²) < 4.78 is 11.8. The van der Waals surface area contributed by atoms with E-state index in [1.807, 2.05) is 33.4 Å². The summed E-state index contributed by atoms with van der Waals surface area (Å²) in [5.74, 6) is 0. The fourth-order valence-corrected chi connectivity index (χ4v) is 4.16. The molecule has 0 saturated carbocycles. The maximum absolute atomic E-state index is 5.90. The molecule has 0 atom stereocenters. The van der Waals surface area contributed by atoms with Crippen molar-refractivity contribution in [2.75, 3.05) is 0 Å². The smallest absolute Gasteiger partial charge is 1.00 e. The molecule has 0 saturated heterocycles. The van der Waals surface area contributed by atoms with E-state index in [-0.39, 0.29) is 47.7 Å². The van der Waals surface area contributed by atoms with Crippen molar-refractivity contribution in [2.24, 2.45) is 0 Å². The Morgan fingerprint density at radius 2 is 1.56 bits per heavy atom. The Hall–Kier alpha value is 0.933. The third-order valence-corrected chi connectivity index (χ3v) is 5.12. The molecule has 0 aromatic carbocycles. The van der Waals surface area contributed by atoms with Gasteiger partial charge in [0.15, 0.2) is 0 Å². The van der Waals surface area contributed by atoms with E-state index in [4.69, 9.17) is 8.85 Å². The molecule has 0 aromatic rings. The molecule has 0 unspecified atom stereocenters. The maximum Gasteiger partial charge on any atom is 2.00 e. The van der Waals surface area contributed by atoms with Gasteiger partial charge in [0.1, 0.15) is 0 Å². The van der Waals surface area contributed by atoms with Crippen molar-refractivity contribution in [3.63, 3.8) is 0 Å². The molecule has 0 aliphatic carbocycles. The quantitative estimate of drug-likeness (QED) is 0.475. The standard InChI is InChI=1S/C11H23O2Si.ClH.Mg/c1-7-9-14(8-2,12-10(3)4)13-11(5)6;;/h8,10-11H,1-2,7,9H2,3-6H3;1H;/q-1;;+2/p-1. The molecule has 2 nitrogen and oxygen atoms in total. The zero-order valence-corrected chi connectivity index (χ0v) is 14.1. The first kappa shape index (κ1) is 22.1. The number of halogens is 1. The van der Waals surface area contributed by atoms with Crippen molar-refractivity contribution in [1.29, 1.82) is 0 Å². The van der Waals surface area contributed by atoms with Crippen LogP contribution in [-0.4, -0.2) is 43.8 Å². The van der Waals surface area contributed by atoms with Crippen LogP contribution in [0.4, 0.5) is 0 Å². The monoisotopic (exact) mass is 274 g/mol. The summed E-state index contributed by atoms with van der Waals surface area (Å²) in [6.45, 7) is 15.8. The molecule has 0 amide bonds. The zero-order chi connectivity index (χ0) is 11.2. The third kappa shape index (κ3) is 9.01. The summed E-state index contributed by atoms with van der Waals surface area (Å²) >= 11 is 0. The van der Waals surface area contributed by atoms with Crippen molar-refractivity contribution in [3.8, 4) is 0 Å². The van der Waals surface area contributed by atoms with Crippen LogP contribution in [0.5, 0.6) is 0 Å². The topological polar surface area (TPSA) is 18.5 Å². The van der Waals surface area contributed by atoms with Gasteiger partial charge in [0.2, 0.25) is 0 Å². The van der Waals surface area contributed by atoms with E-state index in [0.717, 1.165) is 12.5 Å². The van der Waals surface area contributed by atoms with Crippen molar-refractivity contribution < 1.29 is 21.3 Å². The molecule has 0 aromatic heterocycles. The number of hydrogen-bond acceptors (Lipinski definition) is 2. The summed E-state index contributed by atoms with van der Waals surface area (Å²) in [5, 5.41) is 0. The van der Waals surface area contributed by atoms with Crippen LogP contribution in [0, 0.1) is 6.92 Å². The average Bonchev–Trinajstić information content (AvgIpc) is 2.02. The van der Waals surface area contributed by atoms with Gasteiger partial charge >= 0.3 is 31.6 Å². The van der Waals surface area contributed by atoms with Crippen molar-refractivity contribution in [1.82, 2.24) is 0 Å². The molecule has 0 aliphatic heterocycles. The van der Waals surface area contributed by atoms with E-state index in [1.54, 1.807) is 0 Å². The van der Waals surface area contributed by atoms with E-state index in [2.05, 4.69) is 13.5 Å². The van der Waals surface area contributed by atoms with E-state index in [9.17, 15) is 0 Å². The fourth-order valence-electron chi connectivity index (χ4n) is 1.39. The van der Waals surface area contributed by atoms with Gasteiger partial charge in [0.25, 0.3) is 0 Å². The van der Waals surface area contributed by atoms with Gasteiger partial charge in [-0.3, -0.25) is 0 Å². The second-order valence-electron chi connectivity index (χ2n) is 3.95. The first-order chi connectivity index (χ1) is 6.45. The Labute approximate surface area is 124 Å². The Balaban J connectivity index is -0.000000845. The molecule has 0 spiro atoms. The summed E-state index contributed by atoms with van der Waals surface area (Å²) in [4.78, 5) is 0. The fraction of sp³-hybridized carbons (Fsp3) is 0.727. The van der Waals surface area contributed by atoms with Gasteiger partial charge in [-0.25, -0.2) is 0 Å². The number of hydrogen-bond donors (Lipinski definition) is 0. The summed E-state index contributed by atoms with van der Waals surface area (Å²) in [5.41, 5.74) is 1.87. The summed E-state index contributed by atoms with van der Waals surface area (Å²) in [6, 6.07) is 0.882. The van der Waals surface area contributed by atoms with Gasteiger partial charge in [0, 0.05) is 12.2 Å². The second-order valence-corrected chi connectivity index (χ2v) is 6.96. The van der Waals surface area contributed by atoms with Crippen LogP contribution >= 0.6 is 0 Å². The van der Waals surface area contributed by atoms with Gasteiger partial charge in [0.05, 0.1) is 0 Å². The normalized spacial score (nSPS) is 10.9. The van der Waals surface area contributed by atoms with Crippen LogP contribution in [0.15, 0.2) is 12.3 Å². The molecule has 0 N–H and O–H groups in total. The van der Waals surface area contributed by atoms with Crippen LogP contribution in [0.1, 0.15) is 34.1 Å². The van der Waals surface area contributed by atoms with Gasteiger partial charge in [-0.1, -0.05) is 0 Å². The molecule has 92 valence electrons. The molecule has 0 radical (unpaired) electrons. The predicted molar refractivity (Wildman–Crippen MR) is 68.9 cm³/mol. The molecule has 5 heteroatoms. The number of rotatable bonds is 7. The molecule has 0 rings (SSSR count). The van der Waals surface area contributed by atoms with Gasteiger partial charge in [-0.15, -0.1) is 6.58 Å². The summed E-state index contributed by atoms with van der Waals surface area (Å²) in [7, 11) is -2.19. The first-order valence-corrected chi connectivity index (χ1v) is 7.34. The van der Waals surface area contributed by atoms with Gasteiger partial charge < -0.3 is 28.2 Å². The molecule has 16 heavy (non-hydrogen) atoms. The van der Waals surface area contributed by atoms with Crippen LogP contribution in [0.2, 0.25) is 6.04 Å². The molecule has 0 fully saturated rings. The van der Waals surface area contributed by atoms with Crippen molar-refractivity contribution >= 4 is 31.6 Å². The van der Waals surface area contributed by atoms with Crippen LogP contribution in [0.3, 0.4) is 0 Å². The molecule has 0 bridgehead atoms. The summed E-state index contributed by atoms with van der Waals surface area (Å²) in [6.07, 6.45) is 1.20. The Morgan fingerprint density at radius 3 is 1.75 bits per heavy atom. The van der Waals surface area contributed by atoms with Gasteiger partial charge in [-0.2, -0.15) is 6.42 Å². The Morgan fingerprint density at radius 1 is 1.19 bits per heavy atom. The second kappa shape index (κ2) is 11.0. The van der Waals surface area contributed by atoms with Crippen molar-refractivity contribution in [2.45, 2.75) is 52.4 Å². The minimum Gasteiger partial charge on any atom is -1.00 e. The largest absolute Gasteiger partial charge is 2.00 e. The molecular weight excluding hydrogens is 252 g/mol. The van der Waals surface area contributed by atoms with Crippen LogP contribution < -0.4 is 12.4 Å². The predicted octanol–water partition coefficient (Wildman–Crippen LogP) is -0.149. The zero-order valence-electron chi connectivity index (χ0n) is 11.0. The third-order valence-electron chi connectivity index (χ3n) is 1.71. The first-order valence-electron chi connectivity index (χ1n) is 5.24. The molecule has 0 heterocycles. The van der Waals surface area contributed by atoms with Crippen LogP contribution in [0.25, 0.3) is 0 Å². The Kier molecular flexibility index (Phi) is 15.3. The van der Waals surface area contributed by atoms with E-state index in [0.29, 0.717) is 0 Å². The van der Waals surface area contributed by atoms with E-state index in [1.165, 1.54) is 0 Å². The maximum atomic E-state index is 5.90. The van der Waals surface area contributed by atoms with E-state index >= 15 is 0 Å². The average molecular weight is 275 g/mol. The van der Waals surface area contributed by atoms with Crippen LogP contribution in [-0.2, 0) is 8.85 Å². The van der Waals surface area contributed by atoms with E-state index < -0.39 is 8.56 Å². The minimum atomic E-state index is -2.19. The SMILES string of the molecule is C=C[Si](CC[CH2-])(OC(C)C)OC(C)C.[Cl-].[Mg+2]. The van der Waals surface area contributed by atoms with Crippen molar-refractivity contribution in [3.05, 3.63) is 19.2 Å². The molecule has 0 aliphatic rings. The molecular formula is C11H23ClMgO2Si. The van der Waals surface area contributed by atoms with Gasteiger partial charge in [-0.05, 0) is 39.4 Å².